The molecule has 1 aliphatic heterocycles. The molecular weight excluding hydrogens is 359 g/mol. The van der Waals surface area contributed by atoms with E-state index in [1.807, 2.05) is 30.3 Å². The molecule has 2 aromatic heterocycles. The molecule has 0 unspecified atom stereocenters. The van der Waals surface area contributed by atoms with Crippen LogP contribution in [0.2, 0.25) is 0 Å². The first kappa shape index (κ1) is 17.0. The van der Waals surface area contributed by atoms with Crippen molar-refractivity contribution in [2.75, 3.05) is 13.1 Å². The highest BCUT2D eigenvalue weighted by Gasteiger charge is 2.54. The monoisotopic (exact) mass is 378 g/mol. The first-order valence-electron chi connectivity index (χ1n) is 9.46. The molecule has 3 heterocycles. The lowest BCUT2D eigenvalue weighted by molar-refractivity contribution is 0.0772. The Balaban J connectivity index is 1.45. The Bertz CT molecular complexity index is 1020. The quantitative estimate of drug-likeness (QED) is 0.698. The molecule has 0 radical (unpaired) electrons. The van der Waals surface area contributed by atoms with Crippen LogP contribution < -0.4 is 0 Å². The average Bonchev–Trinajstić information content (AvgIpc) is 3.42. The van der Waals surface area contributed by atoms with E-state index in [1.165, 1.54) is 12.3 Å². The van der Waals surface area contributed by atoms with Gasteiger partial charge in [0.25, 0.3) is 11.8 Å². The SMILES string of the molecule is O=C(c1ccncc1F)N1C[C@H]2CCC[C@@]2(c2noc(-c3ccccc3)n2)C1. The van der Waals surface area contributed by atoms with Crippen LogP contribution in [0.3, 0.4) is 0 Å². The molecular formula is C21H19FN4O2. The summed E-state index contributed by atoms with van der Waals surface area (Å²) < 4.78 is 19.6. The molecule has 1 saturated carbocycles. The van der Waals surface area contributed by atoms with E-state index in [9.17, 15) is 9.18 Å². The number of pyridine rings is 1. The molecule has 28 heavy (non-hydrogen) atoms. The summed E-state index contributed by atoms with van der Waals surface area (Å²) in [6.07, 6.45) is 5.47. The van der Waals surface area contributed by atoms with E-state index in [1.54, 1.807) is 4.90 Å². The van der Waals surface area contributed by atoms with Gasteiger partial charge in [-0.1, -0.05) is 29.8 Å². The predicted octanol–water partition coefficient (Wildman–Crippen LogP) is 3.46. The minimum absolute atomic E-state index is 0.0585. The summed E-state index contributed by atoms with van der Waals surface area (Å²) in [6, 6.07) is 11.1. The number of likely N-dealkylation sites (tertiary alicyclic amines) is 1. The molecule has 6 nitrogen and oxygen atoms in total. The molecule has 1 aliphatic carbocycles. The Morgan fingerprint density at radius 2 is 2.11 bits per heavy atom. The fraction of sp³-hybridized carbons (Fsp3) is 0.333. The summed E-state index contributed by atoms with van der Waals surface area (Å²) in [5.74, 6) is 0.493. The van der Waals surface area contributed by atoms with Crippen molar-refractivity contribution in [2.45, 2.75) is 24.7 Å². The molecule has 0 spiro atoms. The van der Waals surface area contributed by atoms with Crippen molar-refractivity contribution in [1.29, 1.82) is 0 Å². The van der Waals surface area contributed by atoms with Crippen molar-refractivity contribution in [2.24, 2.45) is 5.92 Å². The zero-order valence-corrected chi connectivity index (χ0v) is 15.2. The van der Waals surface area contributed by atoms with Crippen molar-refractivity contribution in [3.8, 4) is 11.5 Å². The minimum atomic E-state index is -0.593. The summed E-state index contributed by atoms with van der Waals surface area (Å²) >= 11 is 0. The lowest BCUT2D eigenvalue weighted by atomic mass is 9.80. The summed E-state index contributed by atoms with van der Waals surface area (Å²) in [6.45, 7) is 1.06. The highest BCUT2D eigenvalue weighted by Crippen LogP contribution is 2.50. The Hall–Kier alpha value is -3.09. The Labute approximate surface area is 161 Å². The molecule has 7 heteroatoms. The fourth-order valence-corrected chi connectivity index (χ4v) is 4.65. The highest BCUT2D eigenvalue weighted by molar-refractivity contribution is 5.94. The molecule has 3 aromatic rings. The summed E-state index contributed by atoms with van der Waals surface area (Å²) in [4.78, 5) is 23.0. The summed E-state index contributed by atoms with van der Waals surface area (Å²) in [5.41, 5.74) is 0.607. The molecule has 2 fully saturated rings. The lowest BCUT2D eigenvalue weighted by Crippen LogP contribution is -2.35. The number of rotatable bonds is 3. The number of carbonyl (C=O) groups excluding carboxylic acids is 1. The van der Waals surface area contributed by atoms with Crippen LogP contribution in [-0.4, -0.2) is 39.0 Å². The number of hydrogen-bond acceptors (Lipinski definition) is 5. The van der Waals surface area contributed by atoms with Gasteiger partial charge in [0.1, 0.15) is 0 Å². The van der Waals surface area contributed by atoms with Gasteiger partial charge >= 0.3 is 0 Å². The van der Waals surface area contributed by atoms with Crippen molar-refractivity contribution in [3.05, 3.63) is 66.0 Å². The van der Waals surface area contributed by atoms with Crippen LogP contribution in [0.4, 0.5) is 4.39 Å². The third-order valence-corrected chi connectivity index (χ3v) is 6.05. The molecule has 2 aliphatic rings. The third kappa shape index (κ3) is 2.61. The van der Waals surface area contributed by atoms with Gasteiger partial charge in [-0.05, 0) is 37.0 Å². The molecule has 1 amide bonds. The van der Waals surface area contributed by atoms with Crippen molar-refractivity contribution in [3.63, 3.8) is 0 Å². The van der Waals surface area contributed by atoms with Gasteiger partial charge in [-0.3, -0.25) is 9.78 Å². The number of carbonyl (C=O) groups is 1. The van der Waals surface area contributed by atoms with Gasteiger partial charge in [0.2, 0.25) is 0 Å². The molecule has 1 aromatic carbocycles. The third-order valence-electron chi connectivity index (χ3n) is 6.05. The van der Waals surface area contributed by atoms with Crippen molar-refractivity contribution >= 4 is 5.91 Å². The number of hydrogen-bond donors (Lipinski definition) is 0. The predicted molar refractivity (Wildman–Crippen MR) is 98.9 cm³/mol. The molecule has 0 N–H and O–H groups in total. The number of aromatic nitrogens is 3. The van der Waals surface area contributed by atoms with Crippen LogP contribution in [0.25, 0.3) is 11.5 Å². The Kier molecular flexibility index (Phi) is 3.96. The lowest BCUT2D eigenvalue weighted by Gasteiger charge is -2.24. The van der Waals surface area contributed by atoms with Gasteiger partial charge in [0, 0.05) is 24.8 Å². The Morgan fingerprint density at radius 1 is 1.25 bits per heavy atom. The van der Waals surface area contributed by atoms with Crippen molar-refractivity contribution in [1.82, 2.24) is 20.0 Å². The van der Waals surface area contributed by atoms with Crippen LogP contribution in [-0.2, 0) is 5.41 Å². The maximum absolute atomic E-state index is 14.0. The van der Waals surface area contributed by atoms with Crippen LogP contribution in [0.15, 0.2) is 53.3 Å². The van der Waals surface area contributed by atoms with E-state index in [-0.39, 0.29) is 22.8 Å². The number of halogens is 1. The second-order valence-corrected chi connectivity index (χ2v) is 7.58. The molecule has 5 rings (SSSR count). The minimum Gasteiger partial charge on any atom is -0.337 e. The van der Waals surface area contributed by atoms with E-state index in [4.69, 9.17) is 4.52 Å². The Morgan fingerprint density at radius 3 is 2.93 bits per heavy atom. The van der Waals surface area contributed by atoms with Crippen molar-refractivity contribution < 1.29 is 13.7 Å². The number of benzene rings is 1. The van der Waals surface area contributed by atoms with Crippen LogP contribution >= 0.6 is 0 Å². The topological polar surface area (TPSA) is 72.1 Å². The highest BCUT2D eigenvalue weighted by atomic mass is 19.1. The summed E-state index contributed by atoms with van der Waals surface area (Å²) in [7, 11) is 0. The second kappa shape index (κ2) is 6.51. The summed E-state index contributed by atoms with van der Waals surface area (Å²) in [5, 5.41) is 4.28. The van der Waals surface area contributed by atoms with Gasteiger partial charge in [0.05, 0.1) is 17.2 Å². The normalized spacial score (nSPS) is 23.8. The van der Waals surface area contributed by atoms with E-state index in [0.29, 0.717) is 24.8 Å². The van der Waals surface area contributed by atoms with E-state index in [2.05, 4.69) is 15.1 Å². The number of amides is 1. The van der Waals surface area contributed by atoms with Gasteiger partial charge < -0.3 is 9.42 Å². The smallest absolute Gasteiger partial charge is 0.257 e. The maximum Gasteiger partial charge on any atom is 0.257 e. The maximum atomic E-state index is 14.0. The zero-order chi connectivity index (χ0) is 19.1. The average molecular weight is 378 g/mol. The van der Waals surface area contributed by atoms with Crippen LogP contribution in [0.5, 0.6) is 0 Å². The van der Waals surface area contributed by atoms with Crippen LogP contribution in [0.1, 0.15) is 35.4 Å². The first-order chi connectivity index (χ1) is 13.7. The van der Waals surface area contributed by atoms with E-state index >= 15 is 0 Å². The van der Waals surface area contributed by atoms with Gasteiger partial charge in [-0.2, -0.15) is 4.98 Å². The standard InChI is InChI=1S/C21H19FN4O2/c22-17-11-23-10-8-16(17)19(27)26-12-15-7-4-9-21(15,13-26)20-24-18(28-25-20)14-5-2-1-3-6-14/h1-3,5-6,8,10-11,15H,4,7,9,12-13H2/t15-,21-/m1/s1. The van der Waals surface area contributed by atoms with E-state index < -0.39 is 5.82 Å². The van der Waals surface area contributed by atoms with Gasteiger partial charge in [-0.15, -0.1) is 0 Å². The van der Waals surface area contributed by atoms with Gasteiger partial charge in [-0.25, -0.2) is 4.39 Å². The molecule has 2 atom stereocenters. The molecule has 142 valence electrons. The molecule has 0 bridgehead atoms. The van der Waals surface area contributed by atoms with E-state index in [0.717, 1.165) is 31.0 Å². The number of nitrogens with zero attached hydrogens (tertiary/aromatic N) is 4. The fourth-order valence-electron chi connectivity index (χ4n) is 4.65. The first-order valence-corrected chi connectivity index (χ1v) is 9.46. The largest absolute Gasteiger partial charge is 0.337 e. The van der Waals surface area contributed by atoms with Crippen LogP contribution in [0, 0.1) is 11.7 Å². The second-order valence-electron chi connectivity index (χ2n) is 7.58. The van der Waals surface area contributed by atoms with Gasteiger partial charge in [0.15, 0.2) is 11.6 Å². The number of fused-ring (bicyclic) bond motifs is 1. The zero-order valence-electron chi connectivity index (χ0n) is 15.2. The molecule has 1 saturated heterocycles.